The molecule has 0 aliphatic carbocycles. The quantitative estimate of drug-likeness (QED) is 0.468. The summed E-state index contributed by atoms with van der Waals surface area (Å²) in [6.07, 6.45) is 0. The summed E-state index contributed by atoms with van der Waals surface area (Å²) < 4.78 is 5.29. The lowest BCUT2D eigenvalue weighted by molar-refractivity contribution is -0.114. The molecule has 4 rings (SSSR count). The van der Waals surface area contributed by atoms with E-state index in [1.807, 2.05) is 30.3 Å². The number of amides is 3. The zero-order chi connectivity index (χ0) is 24.5. The van der Waals surface area contributed by atoms with Crippen LogP contribution in [0.2, 0.25) is 0 Å². The smallest absolute Gasteiger partial charge is 0.254 e. The molecule has 3 N–H and O–H groups in total. The number of morpholine rings is 1. The molecule has 0 saturated carbocycles. The van der Waals surface area contributed by atoms with Crippen molar-refractivity contribution in [2.75, 3.05) is 43.5 Å². The Hall–Kier alpha value is -4.17. The van der Waals surface area contributed by atoms with Gasteiger partial charge in [-0.2, -0.15) is 0 Å². The standard InChI is InChI=1S/C27H28N4O4/c32-25(19-28-23-11-9-21(10-12-23)27(34)31-13-15-35-16-14-31)30-24-8-4-7-22(17-24)26(33)29-18-20-5-2-1-3-6-20/h1-12,17,28H,13-16,18-19H2,(H,29,33)(H,30,32). The van der Waals surface area contributed by atoms with Gasteiger partial charge in [0.05, 0.1) is 19.8 Å². The SMILES string of the molecule is O=C(CNc1ccc(C(=O)N2CCOCC2)cc1)Nc1cccc(C(=O)NCc2ccccc2)c1. The van der Waals surface area contributed by atoms with Gasteiger partial charge in [0.1, 0.15) is 0 Å². The van der Waals surface area contributed by atoms with E-state index in [-0.39, 0.29) is 24.3 Å². The second-order valence-corrected chi connectivity index (χ2v) is 8.13. The van der Waals surface area contributed by atoms with Crippen LogP contribution in [0.4, 0.5) is 11.4 Å². The molecule has 0 bridgehead atoms. The third kappa shape index (κ3) is 6.91. The molecule has 0 radical (unpaired) electrons. The minimum atomic E-state index is -0.250. The van der Waals surface area contributed by atoms with Crippen molar-refractivity contribution < 1.29 is 19.1 Å². The summed E-state index contributed by atoms with van der Waals surface area (Å²) in [5, 5.41) is 8.73. The number of ether oxygens (including phenoxy) is 1. The third-order valence-corrected chi connectivity index (χ3v) is 5.59. The van der Waals surface area contributed by atoms with Gasteiger partial charge in [0, 0.05) is 42.1 Å². The van der Waals surface area contributed by atoms with Gasteiger partial charge in [0.15, 0.2) is 0 Å². The van der Waals surface area contributed by atoms with Crippen LogP contribution in [-0.2, 0) is 16.1 Å². The maximum atomic E-state index is 12.5. The zero-order valence-corrected chi connectivity index (χ0v) is 19.3. The Balaban J connectivity index is 1.25. The highest BCUT2D eigenvalue weighted by Gasteiger charge is 2.18. The zero-order valence-electron chi connectivity index (χ0n) is 19.3. The number of carbonyl (C=O) groups excluding carboxylic acids is 3. The minimum absolute atomic E-state index is 0.0229. The molecule has 3 amide bonds. The largest absolute Gasteiger partial charge is 0.378 e. The molecular formula is C27H28N4O4. The number of benzene rings is 3. The Kier molecular flexibility index (Phi) is 8.08. The van der Waals surface area contributed by atoms with Gasteiger partial charge in [-0.1, -0.05) is 36.4 Å². The van der Waals surface area contributed by atoms with E-state index in [4.69, 9.17) is 4.74 Å². The first-order valence-electron chi connectivity index (χ1n) is 11.5. The van der Waals surface area contributed by atoms with Gasteiger partial charge in [0.25, 0.3) is 11.8 Å². The number of nitrogens with zero attached hydrogens (tertiary/aromatic N) is 1. The molecule has 0 aromatic heterocycles. The van der Waals surface area contributed by atoms with E-state index < -0.39 is 0 Å². The Labute approximate surface area is 204 Å². The van der Waals surface area contributed by atoms with Crippen LogP contribution < -0.4 is 16.0 Å². The van der Waals surface area contributed by atoms with E-state index in [0.29, 0.717) is 49.7 Å². The van der Waals surface area contributed by atoms with E-state index in [1.54, 1.807) is 53.4 Å². The van der Waals surface area contributed by atoms with E-state index in [2.05, 4.69) is 16.0 Å². The van der Waals surface area contributed by atoms with E-state index >= 15 is 0 Å². The Morgan fingerprint density at radius 1 is 0.800 bits per heavy atom. The molecule has 8 heteroatoms. The van der Waals surface area contributed by atoms with Crippen molar-refractivity contribution in [2.45, 2.75) is 6.54 Å². The predicted molar refractivity (Wildman–Crippen MR) is 134 cm³/mol. The average Bonchev–Trinajstić information content (AvgIpc) is 2.91. The second-order valence-electron chi connectivity index (χ2n) is 8.13. The Morgan fingerprint density at radius 2 is 1.54 bits per heavy atom. The third-order valence-electron chi connectivity index (χ3n) is 5.59. The van der Waals surface area contributed by atoms with Crippen molar-refractivity contribution in [3.8, 4) is 0 Å². The van der Waals surface area contributed by atoms with E-state index in [0.717, 1.165) is 11.3 Å². The van der Waals surface area contributed by atoms with Gasteiger partial charge >= 0.3 is 0 Å². The maximum absolute atomic E-state index is 12.5. The van der Waals surface area contributed by atoms with Crippen LogP contribution in [0.15, 0.2) is 78.9 Å². The van der Waals surface area contributed by atoms with Crippen molar-refractivity contribution in [2.24, 2.45) is 0 Å². The molecule has 1 aliphatic rings. The molecule has 3 aromatic carbocycles. The highest BCUT2D eigenvalue weighted by atomic mass is 16.5. The van der Waals surface area contributed by atoms with Crippen molar-refractivity contribution >= 4 is 29.1 Å². The first-order valence-corrected chi connectivity index (χ1v) is 11.5. The highest BCUT2D eigenvalue weighted by Crippen LogP contribution is 2.14. The molecular weight excluding hydrogens is 444 g/mol. The number of nitrogens with one attached hydrogen (secondary N) is 3. The first kappa shape index (κ1) is 24.0. The Bertz CT molecular complexity index is 1160. The van der Waals surface area contributed by atoms with Gasteiger partial charge in [-0.25, -0.2) is 0 Å². The highest BCUT2D eigenvalue weighted by molar-refractivity contribution is 5.98. The lowest BCUT2D eigenvalue weighted by Crippen LogP contribution is -2.40. The van der Waals surface area contributed by atoms with Crippen molar-refractivity contribution in [3.05, 3.63) is 95.6 Å². The maximum Gasteiger partial charge on any atom is 0.254 e. The van der Waals surface area contributed by atoms with Gasteiger partial charge in [-0.05, 0) is 48.0 Å². The van der Waals surface area contributed by atoms with Gasteiger partial charge in [-0.3, -0.25) is 14.4 Å². The molecule has 0 spiro atoms. The van der Waals surface area contributed by atoms with Crippen molar-refractivity contribution in [3.63, 3.8) is 0 Å². The van der Waals surface area contributed by atoms with Crippen LogP contribution >= 0.6 is 0 Å². The topological polar surface area (TPSA) is 99.8 Å². The lowest BCUT2D eigenvalue weighted by Gasteiger charge is -2.26. The number of rotatable bonds is 8. The molecule has 1 heterocycles. The van der Waals surface area contributed by atoms with Crippen LogP contribution in [0.3, 0.4) is 0 Å². The fraction of sp³-hybridized carbons (Fsp3) is 0.222. The number of hydrogen-bond donors (Lipinski definition) is 3. The number of carbonyl (C=O) groups is 3. The number of anilines is 2. The molecule has 0 unspecified atom stereocenters. The average molecular weight is 473 g/mol. The van der Waals surface area contributed by atoms with Crippen LogP contribution in [0.1, 0.15) is 26.3 Å². The molecule has 3 aromatic rings. The minimum Gasteiger partial charge on any atom is -0.378 e. The summed E-state index contributed by atoms with van der Waals surface area (Å²) >= 11 is 0. The molecule has 1 fully saturated rings. The van der Waals surface area contributed by atoms with Crippen LogP contribution in [0.25, 0.3) is 0 Å². The molecule has 1 aliphatic heterocycles. The first-order chi connectivity index (χ1) is 17.1. The van der Waals surface area contributed by atoms with Gasteiger partial charge < -0.3 is 25.6 Å². The fourth-order valence-electron chi connectivity index (χ4n) is 3.69. The van der Waals surface area contributed by atoms with Crippen LogP contribution in [0, 0.1) is 0 Å². The fourth-order valence-corrected chi connectivity index (χ4v) is 3.69. The second kappa shape index (κ2) is 11.8. The molecule has 8 nitrogen and oxygen atoms in total. The van der Waals surface area contributed by atoms with Crippen molar-refractivity contribution in [1.82, 2.24) is 10.2 Å². The monoisotopic (exact) mass is 472 g/mol. The molecule has 35 heavy (non-hydrogen) atoms. The van der Waals surface area contributed by atoms with E-state index in [9.17, 15) is 14.4 Å². The van der Waals surface area contributed by atoms with Gasteiger partial charge in [0.2, 0.25) is 5.91 Å². The van der Waals surface area contributed by atoms with Gasteiger partial charge in [-0.15, -0.1) is 0 Å². The van der Waals surface area contributed by atoms with Crippen molar-refractivity contribution in [1.29, 1.82) is 0 Å². The Morgan fingerprint density at radius 3 is 2.29 bits per heavy atom. The molecule has 180 valence electrons. The summed E-state index contributed by atoms with van der Waals surface area (Å²) in [5.41, 5.74) is 3.34. The summed E-state index contributed by atoms with van der Waals surface area (Å²) in [5.74, 6) is -0.486. The van der Waals surface area contributed by atoms with E-state index in [1.165, 1.54) is 0 Å². The lowest BCUT2D eigenvalue weighted by atomic mass is 10.1. The summed E-state index contributed by atoms with van der Waals surface area (Å²) in [7, 11) is 0. The summed E-state index contributed by atoms with van der Waals surface area (Å²) in [6, 6.07) is 23.5. The predicted octanol–water partition coefficient (Wildman–Crippen LogP) is 3.14. The summed E-state index contributed by atoms with van der Waals surface area (Å²) in [6.45, 7) is 2.77. The molecule has 0 atom stereocenters. The molecule has 1 saturated heterocycles. The number of hydrogen-bond acceptors (Lipinski definition) is 5. The summed E-state index contributed by atoms with van der Waals surface area (Å²) in [4.78, 5) is 39.2. The van der Waals surface area contributed by atoms with Crippen LogP contribution in [0.5, 0.6) is 0 Å². The normalized spacial score (nSPS) is 13.1. The van der Waals surface area contributed by atoms with Crippen LogP contribution in [-0.4, -0.2) is 55.5 Å².